The van der Waals surface area contributed by atoms with Gasteiger partial charge in [0.25, 0.3) is 0 Å². The first-order valence-electron chi connectivity index (χ1n) is 29.6. The van der Waals surface area contributed by atoms with E-state index in [4.69, 9.17) is 25.8 Å². The maximum Gasteiger partial charge on any atom is 0.410 e. The van der Waals surface area contributed by atoms with Crippen LogP contribution in [0.25, 0.3) is 0 Å². The smallest absolute Gasteiger partial charge is 0.410 e. The van der Waals surface area contributed by atoms with Crippen molar-refractivity contribution in [3.05, 3.63) is 183 Å². The standard InChI is InChI=1S/C24H32N2O2.C21H27BrN4O2.C17H23NO3.C4H2BrClN2/c1-4-21-16-22(25-17-20-13-9-6-10-14-20)23(15-19-11-7-5-8-12-19)26(21)24(27)28-18(2)3;1-4-17-11-18(25-20-23-12-16(22)13-24-20)19(10-15-8-6-5-7-9-15)26(17)21(27)28-14(2)3;1-4-14-11-16(19)15(10-13-8-6-5-7-9-13)18(14)17(20)21-12(2)3;5-3-1-7-4(6)8-2-3/h5-14,18,21-23,25H,4,15-17H2,1-3H3;5-9,12-14,17-19H,4,10-11H2,1-3H3,(H,23,24,25);5-9,12,14-15H,4,10-11H2,1-3H3;1-2H/t21-,22+,23+;17-,18+,19+;14?,15-;/m110./s1. The van der Waals surface area contributed by atoms with Crippen molar-refractivity contribution in [2.45, 2.75) is 193 Å². The Morgan fingerprint density at radius 2 is 0.894 bits per heavy atom. The number of carbonyl (C=O) groups excluding carboxylic acids is 4. The number of anilines is 1. The van der Waals surface area contributed by atoms with Gasteiger partial charge in [0, 0.05) is 68.3 Å². The molecule has 9 rings (SSSR count). The van der Waals surface area contributed by atoms with Gasteiger partial charge in [0.1, 0.15) is 0 Å². The molecule has 8 atom stereocenters. The molecular formula is C66H84Br2ClN9O7. The molecule has 2 aromatic heterocycles. The number of halogens is 3. The van der Waals surface area contributed by atoms with Gasteiger partial charge < -0.3 is 29.7 Å². The SMILES string of the molecule is CCC1CC(=O)[C@H](Cc2ccccc2)N1C(=O)OC(C)C.CC[C@@H]1C[C@H](NCc2ccccc2)[C@H](Cc2ccccc2)N1C(=O)OC(C)C.CC[C@@H]1C[C@H](Nc2ncc(Br)cn2)[C@H](Cc2ccccc2)N1C(=O)OC(C)C.Clc1ncc(Br)cn1. The fourth-order valence-corrected chi connectivity index (χ4v) is 11.5. The van der Waals surface area contributed by atoms with Crippen molar-refractivity contribution in [3.63, 3.8) is 0 Å². The summed E-state index contributed by atoms with van der Waals surface area (Å²) in [7, 11) is 0. The Hall–Kier alpha value is -6.47. The highest BCUT2D eigenvalue weighted by atomic mass is 79.9. The third-order valence-electron chi connectivity index (χ3n) is 14.9. The summed E-state index contributed by atoms with van der Waals surface area (Å²) in [4.78, 5) is 72.1. The van der Waals surface area contributed by atoms with Gasteiger partial charge in [-0.15, -0.1) is 0 Å². The number of carbonyl (C=O) groups is 4. The average molecular weight is 1310 g/mol. The molecule has 4 aromatic carbocycles. The fraction of sp³-hybridized carbons (Fsp3) is 0.455. The molecule has 0 bridgehead atoms. The molecule has 3 fully saturated rings. The van der Waals surface area contributed by atoms with Crippen molar-refractivity contribution in [3.8, 4) is 0 Å². The third kappa shape index (κ3) is 21.2. The number of rotatable bonds is 17. The predicted molar refractivity (Wildman–Crippen MR) is 342 cm³/mol. The Balaban J connectivity index is 0.000000193. The Kier molecular flexibility index (Phi) is 27.6. The number of hydrogen-bond donors (Lipinski definition) is 2. The van der Waals surface area contributed by atoms with Gasteiger partial charge in [-0.05, 0) is 152 Å². The number of likely N-dealkylation sites (tertiary alicyclic amines) is 3. The normalized spacial score (nSPS) is 20.6. The van der Waals surface area contributed by atoms with Crippen LogP contribution in [0.4, 0.5) is 20.3 Å². The molecule has 2 N–H and O–H groups in total. The zero-order valence-electron chi connectivity index (χ0n) is 50.4. The molecule has 3 saturated heterocycles. The molecule has 3 amide bonds. The van der Waals surface area contributed by atoms with E-state index in [2.05, 4.69) is 137 Å². The average Bonchev–Trinajstić information content (AvgIpc) is 2.64. The number of aromatic nitrogens is 4. The molecule has 0 aliphatic carbocycles. The van der Waals surface area contributed by atoms with Crippen LogP contribution in [-0.2, 0) is 44.8 Å². The number of ketones is 1. The topological polar surface area (TPSA) is 181 Å². The van der Waals surface area contributed by atoms with E-state index in [0.29, 0.717) is 18.8 Å². The van der Waals surface area contributed by atoms with Gasteiger partial charge in [-0.1, -0.05) is 142 Å². The first-order chi connectivity index (χ1) is 40.9. The molecule has 3 aliphatic rings. The molecule has 1 unspecified atom stereocenters. The number of hydrogen-bond acceptors (Lipinski definition) is 13. The van der Waals surface area contributed by atoms with E-state index in [0.717, 1.165) is 66.0 Å². The summed E-state index contributed by atoms with van der Waals surface area (Å²) in [5.74, 6) is 0.701. The van der Waals surface area contributed by atoms with Crippen LogP contribution in [0.1, 0.15) is 123 Å². The van der Waals surface area contributed by atoms with Crippen LogP contribution in [0.5, 0.6) is 0 Å². The lowest BCUT2D eigenvalue weighted by atomic mass is 9.99. The zero-order valence-corrected chi connectivity index (χ0v) is 54.3. The van der Waals surface area contributed by atoms with Crippen LogP contribution in [0.3, 0.4) is 0 Å². The Bertz CT molecular complexity index is 2920. The van der Waals surface area contributed by atoms with Gasteiger partial charge in [0.2, 0.25) is 11.2 Å². The van der Waals surface area contributed by atoms with Crippen LogP contribution >= 0.6 is 43.5 Å². The summed E-state index contributed by atoms with van der Waals surface area (Å²) in [6, 6.07) is 41.1. The summed E-state index contributed by atoms with van der Waals surface area (Å²) >= 11 is 11.9. The van der Waals surface area contributed by atoms with Gasteiger partial charge in [-0.2, -0.15) is 0 Å². The van der Waals surface area contributed by atoms with Crippen LogP contribution in [0.2, 0.25) is 5.28 Å². The second-order valence-corrected chi connectivity index (χ2v) is 24.4. The molecule has 0 saturated carbocycles. The van der Waals surface area contributed by atoms with Crippen molar-refractivity contribution in [2.75, 3.05) is 5.32 Å². The minimum absolute atomic E-state index is 0.0363. The molecule has 85 heavy (non-hydrogen) atoms. The largest absolute Gasteiger partial charge is 0.447 e. The van der Waals surface area contributed by atoms with E-state index < -0.39 is 6.04 Å². The van der Waals surface area contributed by atoms with Crippen LogP contribution in [-0.4, -0.2) is 125 Å². The Morgan fingerprint density at radius 3 is 1.29 bits per heavy atom. The second kappa shape index (κ2) is 34.6. The Morgan fingerprint density at radius 1 is 0.529 bits per heavy atom. The van der Waals surface area contributed by atoms with Crippen molar-refractivity contribution in [1.82, 2.24) is 40.0 Å². The molecule has 16 nitrogen and oxygen atoms in total. The lowest BCUT2D eigenvalue weighted by Crippen LogP contribution is -2.48. The third-order valence-corrected chi connectivity index (χ3v) is 15.9. The lowest BCUT2D eigenvalue weighted by molar-refractivity contribution is -0.119. The molecule has 3 aliphatic heterocycles. The molecule has 19 heteroatoms. The minimum atomic E-state index is -0.399. The van der Waals surface area contributed by atoms with Crippen molar-refractivity contribution in [1.29, 1.82) is 0 Å². The monoisotopic (exact) mass is 1310 g/mol. The molecule has 0 radical (unpaired) electrons. The van der Waals surface area contributed by atoms with E-state index in [1.54, 1.807) is 29.7 Å². The quantitative estimate of drug-likeness (QED) is 0.0651. The van der Waals surface area contributed by atoms with E-state index >= 15 is 0 Å². The highest BCUT2D eigenvalue weighted by Crippen LogP contribution is 2.34. The highest BCUT2D eigenvalue weighted by Gasteiger charge is 2.46. The van der Waals surface area contributed by atoms with E-state index in [1.165, 1.54) is 16.7 Å². The summed E-state index contributed by atoms with van der Waals surface area (Å²) in [6.07, 6.45) is 12.3. The lowest BCUT2D eigenvalue weighted by Gasteiger charge is -2.31. The number of benzene rings is 4. The summed E-state index contributed by atoms with van der Waals surface area (Å²) in [6.45, 7) is 18.3. The van der Waals surface area contributed by atoms with Crippen LogP contribution in [0, 0.1) is 0 Å². The number of ether oxygens (including phenoxy) is 3. The van der Waals surface area contributed by atoms with Crippen molar-refractivity contribution >= 4 is 73.5 Å². The number of amides is 3. The first kappa shape index (κ1) is 67.7. The van der Waals surface area contributed by atoms with E-state index in [9.17, 15) is 19.2 Å². The maximum absolute atomic E-state index is 12.9. The second-order valence-electron chi connectivity index (χ2n) is 22.2. The molecule has 6 aromatic rings. The van der Waals surface area contributed by atoms with Gasteiger partial charge in [0.05, 0.1) is 51.4 Å². The molecule has 456 valence electrons. The molecule has 0 spiro atoms. The summed E-state index contributed by atoms with van der Waals surface area (Å²) in [5, 5.41) is 7.44. The number of nitrogens with zero attached hydrogens (tertiary/aromatic N) is 7. The van der Waals surface area contributed by atoms with Crippen molar-refractivity contribution < 1.29 is 33.4 Å². The Labute approximate surface area is 524 Å². The van der Waals surface area contributed by atoms with Gasteiger partial charge in [-0.25, -0.2) is 34.3 Å². The fourth-order valence-electron chi connectivity index (χ4n) is 10.9. The molecular weight excluding hydrogens is 1230 g/mol. The highest BCUT2D eigenvalue weighted by molar-refractivity contribution is 9.10. The first-order valence-corrected chi connectivity index (χ1v) is 31.6. The summed E-state index contributed by atoms with van der Waals surface area (Å²) < 4.78 is 18.2. The predicted octanol–water partition coefficient (Wildman–Crippen LogP) is 14.5. The van der Waals surface area contributed by atoms with Gasteiger partial charge in [0.15, 0.2) is 5.78 Å². The number of nitrogens with one attached hydrogen (secondary N) is 2. The minimum Gasteiger partial charge on any atom is -0.447 e. The van der Waals surface area contributed by atoms with Crippen LogP contribution < -0.4 is 10.6 Å². The zero-order chi connectivity index (χ0) is 61.4. The molecule has 5 heterocycles. The van der Waals surface area contributed by atoms with E-state index in [-0.39, 0.29) is 90.0 Å². The van der Waals surface area contributed by atoms with E-state index in [1.807, 2.05) is 119 Å². The number of Topliss-reactive ketones (excluding diaryl/α,β-unsaturated/α-hetero) is 1. The maximum atomic E-state index is 12.9. The van der Waals surface area contributed by atoms with Gasteiger partial charge in [-0.3, -0.25) is 14.6 Å². The summed E-state index contributed by atoms with van der Waals surface area (Å²) in [5.41, 5.74) is 4.76. The van der Waals surface area contributed by atoms with Gasteiger partial charge >= 0.3 is 18.3 Å². The van der Waals surface area contributed by atoms with Crippen molar-refractivity contribution in [2.24, 2.45) is 0 Å². The van der Waals surface area contributed by atoms with Crippen LogP contribution in [0.15, 0.2) is 155 Å².